The highest BCUT2D eigenvalue weighted by Crippen LogP contribution is 2.10. The monoisotopic (exact) mass is 268 g/mol. The first-order chi connectivity index (χ1) is 9.27. The zero-order valence-electron chi connectivity index (χ0n) is 13.0. The maximum absolute atomic E-state index is 12.0. The van der Waals surface area contributed by atoms with Crippen LogP contribution in [0.1, 0.15) is 65.2 Å². The minimum atomic E-state index is 0.379. The van der Waals surface area contributed by atoms with E-state index >= 15 is 0 Å². The van der Waals surface area contributed by atoms with E-state index in [0.29, 0.717) is 5.91 Å². The fourth-order valence-electron chi connectivity index (χ4n) is 2.70. The fraction of sp³-hybridized carbons (Fsp3) is 0.938. The second kappa shape index (κ2) is 10.2. The molecule has 0 bridgehead atoms. The average molecular weight is 268 g/mol. The minimum Gasteiger partial charge on any atom is -0.340 e. The van der Waals surface area contributed by atoms with Crippen LogP contribution in [0.4, 0.5) is 0 Å². The second-order valence-electron chi connectivity index (χ2n) is 5.69. The molecule has 0 radical (unpaired) electrons. The Labute approximate surface area is 119 Å². The molecule has 112 valence electrons. The molecular weight excluding hydrogens is 236 g/mol. The zero-order chi connectivity index (χ0) is 13.9. The molecule has 19 heavy (non-hydrogen) atoms. The molecule has 0 aliphatic carbocycles. The number of likely N-dealkylation sites (N-methyl/N-ethyl adjacent to an activating group) is 1. The highest BCUT2D eigenvalue weighted by Gasteiger charge is 2.19. The molecule has 0 atom stereocenters. The predicted octanol–water partition coefficient (Wildman–Crippen LogP) is 3.29. The molecule has 1 rings (SSSR count). The SMILES string of the molecule is CCCCCCCCCC(=O)N1CCN(CC)CC1. The van der Waals surface area contributed by atoms with E-state index < -0.39 is 0 Å². The lowest BCUT2D eigenvalue weighted by atomic mass is 10.1. The maximum Gasteiger partial charge on any atom is 0.222 e. The summed E-state index contributed by atoms with van der Waals surface area (Å²) >= 11 is 0. The van der Waals surface area contributed by atoms with E-state index in [1.807, 2.05) is 0 Å². The van der Waals surface area contributed by atoms with Gasteiger partial charge in [-0.15, -0.1) is 0 Å². The summed E-state index contributed by atoms with van der Waals surface area (Å²) in [6.45, 7) is 9.53. The van der Waals surface area contributed by atoms with Crippen molar-refractivity contribution in [3.8, 4) is 0 Å². The lowest BCUT2D eigenvalue weighted by Crippen LogP contribution is -2.48. The molecule has 1 amide bonds. The molecule has 0 spiro atoms. The normalized spacial score (nSPS) is 16.8. The lowest BCUT2D eigenvalue weighted by Gasteiger charge is -2.34. The van der Waals surface area contributed by atoms with Crippen LogP contribution < -0.4 is 0 Å². The summed E-state index contributed by atoms with van der Waals surface area (Å²) in [4.78, 5) is 16.5. The highest BCUT2D eigenvalue weighted by molar-refractivity contribution is 5.76. The number of piperazine rings is 1. The van der Waals surface area contributed by atoms with E-state index in [0.717, 1.165) is 45.6 Å². The molecule has 0 aromatic heterocycles. The van der Waals surface area contributed by atoms with Gasteiger partial charge in [-0.3, -0.25) is 4.79 Å². The molecule has 0 aromatic carbocycles. The molecule has 1 aliphatic rings. The number of nitrogens with zero attached hydrogens (tertiary/aromatic N) is 2. The molecule has 0 saturated carbocycles. The van der Waals surface area contributed by atoms with E-state index in [4.69, 9.17) is 0 Å². The summed E-state index contributed by atoms with van der Waals surface area (Å²) in [5.74, 6) is 0.379. The van der Waals surface area contributed by atoms with Crippen LogP contribution >= 0.6 is 0 Å². The van der Waals surface area contributed by atoms with Crippen molar-refractivity contribution in [1.29, 1.82) is 0 Å². The van der Waals surface area contributed by atoms with E-state index in [2.05, 4.69) is 23.6 Å². The van der Waals surface area contributed by atoms with Crippen molar-refractivity contribution < 1.29 is 4.79 Å². The standard InChI is InChI=1S/C16H32N2O/c1-3-5-6-7-8-9-10-11-16(19)18-14-12-17(4-2)13-15-18/h3-15H2,1-2H3. The number of rotatable bonds is 9. The number of hydrogen-bond donors (Lipinski definition) is 0. The van der Waals surface area contributed by atoms with Gasteiger partial charge in [-0.05, 0) is 13.0 Å². The van der Waals surface area contributed by atoms with Crippen LogP contribution in [0.25, 0.3) is 0 Å². The molecule has 3 heteroatoms. The lowest BCUT2D eigenvalue weighted by molar-refractivity contribution is -0.133. The van der Waals surface area contributed by atoms with Gasteiger partial charge < -0.3 is 9.80 Å². The quantitative estimate of drug-likeness (QED) is 0.599. The molecule has 0 unspecified atom stereocenters. The van der Waals surface area contributed by atoms with E-state index in [1.54, 1.807) is 0 Å². The van der Waals surface area contributed by atoms with E-state index in [1.165, 1.54) is 38.5 Å². The first kappa shape index (κ1) is 16.5. The van der Waals surface area contributed by atoms with Gasteiger partial charge in [-0.2, -0.15) is 0 Å². The van der Waals surface area contributed by atoms with Gasteiger partial charge in [0.05, 0.1) is 0 Å². The summed E-state index contributed by atoms with van der Waals surface area (Å²) in [6.07, 6.45) is 9.75. The maximum atomic E-state index is 12.0. The highest BCUT2D eigenvalue weighted by atomic mass is 16.2. The Morgan fingerprint density at radius 2 is 1.42 bits per heavy atom. The molecule has 0 N–H and O–H groups in total. The van der Waals surface area contributed by atoms with Crippen molar-refractivity contribution in [3.05, 3.63) is 0 Å². The third-order valence-electron chi connectivity index (χ3n) is 4.17. The Morgan fingerprint density at radius 1 is 0.842 bits per heavy atom. The van der Waals surface area contributed by atoms with Gasteiger partial charge in [0.1, 0.15) is 0 Å². The molecule has 1 fully saturated rings. The third-order valence-corrected chi connectivity index (χ3v) is 4.17. The summed E-state index contributed by atoms with van der Waals surface area (Å²) in [6, 6.07) is 0. The van der Waals surface area contributed by atoms with Gasteiger partial charge in [0, 0.05) is 32.6 Å². The minimum absolute atomic E-state index is 0.379. The van der Waals surface area contributed by atoms with Gasteiger partial charge in [-0.1, -0.05) is 52.4 Å². The Kier molecular flexibility index (Phi) is 8.89. The van der Waals surface area contributed by atoms with Crippen molar-refractivity contribution in [2.45, 2.75) is 65.2 Å². The molecule has 3 nitrogen and oxygen atoms in total. The Bertz CT molecular complexity index is 235. The van der Waals surface area contributed by atoms with Gasteiger partial charge in [-0.25, -0.2) is 0 Å². The summed E-state index contributed by atoms with van der Waals surface area (Å²) in [5, 5.41) is 0. The topological polar surface area (TPSA) is 23.6 Å². The van der Waals surface area contributed by atoms with Crippen molar-refractivity contribution in [1.82, 2.24) is 9.80 Å². The van der Waals surface area contributed by atoms with Gasteiger partial charge in [0.25, 0.3) is 0 Å². The molecular formula is C16H32N2O. The van der Waals surface area contributed by atoms with Crippen LogP contribution in [0.3, 0.4) is 0 Å². The van der Waals surface area contributed by atoms with Crippen LogP contribution in [0.5, 0.6) is 0 Å². The van der Waals surface area contributed by atoms with Crippen molar-refractivity contribution in [2.75, 3.05) is 32.7 Å². The Balaban J connectivity index is 1.99. The molecule has 1 aliphatic heterocycles. The van der Waals surface area contributed by atoms with Crippen LogP contribution in [0, 0.1) is 0 Å². The van der Waals surface area contributed by atoms with Gasteiger partial charge >= 0.3 is 0 Å². The van der Waals surface area contributed by atoms with Crippen LogP contribution in [0.2, 0.25) is 0 Å². The van der Waals surface area contributed by atoms with Gasteiger partial charge in [0.15, 0.2) is 0 Å². The first-order valence-corrected chi connectivity index (χ1v) is 8.28. The summed E-state index contributed by atoms with van der Waals surface area (Å²) < 4.78 is 0. The summed E-state index contributed by atoms with van der Waals surface area (Å²) in [5.41, 5.74) is 0. The average Bonchev–Trinajstić information content (AvgIpc) is 2.46. The van der Waals surface area contributed by atoms with Crippen LogP contribution in [0.15, 0.2) is 0 Å². The Hall–Kier alpha value is -0.570. The van der Waals surface area contributed by atoms with Crippen molar-refractivity contribution in [3.63, 3.8) is 0 Å². The predicted molar refractivity (Wildman–Crippen MR) is 81.3 cm³/mol. The van der Waals surface area contributed by atoms with E-state index in [-0.39, 0.29) is 0 Å². The van der Waals surface area contributed by atoms with Crippen molar-refractivity contribution in [2.24, 2.45) is 0 Å². The number of hydrogen-bond acceptors (Lipinski definition) is 2. The summed E-state index contributed by atoms with van der Waals surface area (Å²) in [7, 11) is 0. The first-order valence-electron chi connectivity index (χ1n) is 8.28. The number of carbonyl (C=O) groups excluding carboxylic acids is 1. The number of unbranched alkanes of at least 4 members (excludes halogenated alkanes) is 6. The van der Waals surface area contributed by atoms with Crippen molar-refractivity contribution >= 4 is 5.91 Å². The molecule has 0 aromatic rings. The molecule has 1 heterocycles. The number of amides is 1. The van der Waals surface area contributed by atoms with E-state index in [9.17, 15) is 4.79 Å². The van der Waals surface area contributed by atoms with Crippen LogP contribution in [-0.2, 0) is 4.79 Å². The second-order valence-corrected chi connectivity index (χ2v) is 5.69. The van der Waals surface area contributed by atoms with Crippen LogP contribution in [-0.4, -0.2) is 48.4 Å². The Morgan fingerprint density at radius 3 is 2.00 bits per heavy atom. The third kappa shape index (κ3) is 6.95. The largest absolute Gasteiger partial charge is 0.340 e. The smallest absolute Gasteiger partial charge is 0.222 e. The molecule has 1 saturated heterocycles. The fourth-order valence-corrected chi connectivity index (χ4v) is 2.70. The number of carbonyl (C=O) groups is 1. The van der Waals surface area contributed by atoms with Gasteiger partial charge in [0.2, 0.25) is 5.91 Å². The zero-order valence-corrected chi connectivity index (χ0v) is 13.0.